The first-order valence-corrected chi connectivity index (χ1v) is 2.68. The van der Waals surface area contributed by atoms with Crippen LogP contribution in [0.3, 0.4) is 0 Å². The Morgan fingerprint density at radius 2 is 2.00 bits per heavy atom. The molecule has 0 amide bonds. The van der Waals surface area contributed by atoms with Crippen molar-refractivity contribution in [3.63, 3.8) is 0 Å². The van der Waals surface area contributed by atoms with Crippen molar-refractivity contribution < 1.29 is 0 Å². The average Bonchev–Trinajstić information content (AvgIpc) is 1.77. The molecule has 3 nitrogen and oxygen atoms in total. The number of hydrogen-bond donors (Lipinski definition) is 3. The summed E-state index contributed by atoms with van der Waals surface area (Å²) in [6.07, 6.45) is -0.0412. The van der Waals surface area contributed by atoms with Crippen LogP contribution >= 0.6 is 0 Å². The summed E-state index contributed by atoms with van der Waals surface area (Å²) in [6.45, 7) is 5.45. The van der Waals surface area contributed by atoms with Crippen molar-refractivity contribution in [3.8, 4) is 0 Å². The van der Waals surface area contributed by atoms with Crippen molar-refractivity contribution in [2.75, 3.05) is 13.1 Å². The van der Waals surface area contributed by atoms with Gasteiger partial charge in [0.05, 0.1) is 0 Å². The first-order valence-electron chi connectivity index (χ1n) is 2.68. The largest absolute Gasteiger partial charge is 0.304 e. The van der Waals surface area contributed by atoms with E-state index in [4.69, 9.17) is 5.73 Å². The van der Waals surface area contributed by atoms with E-state index in [0.717, 1.165) is 18.7 Å². The van der Waals surface area contributed by atoms with E-state index >= 15 is 0 Å². The van der Waals surface area contributed by atoms with Gasteiger partial charge in [0.2, 0.25) is 0 Å². The third-order valence-corrected chi connectivity index (χ3v) is 1.14. The second-order valence-electron chi connectivity index (χ2n) is 1.99. The minimum atomic E-state index is -0.0412. The molecule has 1 aliphatic rings. The van der Waals surface area contributed by atoms with Crippen molar-refractivity contribution in [2.24, 2.45) is 5.73 Å². The lowest BCUT2D eigenvalue weighted by Crippen LogP contribution is -2.54. The first kappa shape index (κ1) is 5.75. The Morgan fingerprint density at radius 3 is 2.38 bits per heavy atom. The quantitative estimate of drug-likeness (QED) is 0.352. The molecule has 0 aromatic heterocycles. The van der Waals surface area contributed by atoms with E-state index in [-0.39, 0.29) is 6.29 Å². The Balaban J connectivity index is 2.29. The van der Waals surface area contributed by atoms with Gasteiger partial charge in [0.15, 0.2) is 0 Å². The summed E-state index contributed by atoms with van der Waals surface area (Å²) >= 11 is 0. The maximum Gasteiger partial charge on any atom is 0.109 e. The molecule has 0 atom stereocenters. The first-order chi connectivity index (χ1) is 3.79. The number of nitrogens with two attached hydrogens (primary N) is 1. The molecule has 4 N–H and O–H groups in total. The normalized spacial score (nSPS) is 23.9. The van der Waals surface area contributed by atoms with Crippen LogP contribution in [0.2, 0.25) is 0 Å². The molecule has 0 aliphatic carbocycles. The van der Waals surface area contributed by atoms with Crippen molar-refractivity contribution in [1.82, 2.24) is 10.6 Å². The SMILES string of the molecule is C=C1CNC(N)NC1. The van der Waals surface area contributed by atoms with E-state index in [2.05, 4.69) is 17.2 Å². The predicted molar refractivity (Wildman–Crippen MR) is 33.1 cm³/mol. The molecular formula is C5H11N3. The highest BCUT2D eigenvalue weighted by Gasteiger charge is 2.06. The van der Waals surface area contributed by atoms with Gasteiger partial charge >= 0.3 is 0 Å². The highest BCUT2D eigenvalue weighted by atomic mass is 15.2. The Kier molecular flexibility index (Phi) is 1.62. The standard InChI is InChI=1S/C5H11N3/c1-4-2-7-5(6)8-3-4/h5,7-8H,1-3,6H2. The molecule has 1 fully saturated rings. The van der Waals surface area contributed by atoms with Crippen LogP contribution in [0, 0.1) is 0 Å². The Morgan fingerprint density at radius 1 is 1.50 bits per heavy atom. The molecule has 1 aliphatic heterocycles. The molecule has 8 heavy (non-hydrogen) atoms. The molecule has 0 unspecified atom stereocenters. The summed E-state index contributed by atoms with van der Waals surface area (Å²) in [5.41, 5.74) is 6.59. The summed E-state index contributed by atoms with van der Waals surface area (Å²) in [4.78, 5) is 0. The van der Waals surface area contributed by atoms with Gasteiger partial charge in [-0.15, -0.1) is 0 Å². The Labute approximate surface area is 48.9 Å². The monoisotopic (exact) mass is 113 g/mol. The predicted octanol–water partition coefficient (Wildman–Crippen LogP) is -1.02. The second-order valence-corrected chi connectivity index (χ2v) is 1.99. The molecule has 0 saturated carbocycles. The lowest BCUT2D eigenvalue weighted by atomic mass is 10.2. The van der Waals surface area contributed by atoms with Gasteiger partial charge in [-0.1, -0.05) is 6.58 Å². The molecular weight excluding hydrogens is 102 g/mol. The van der Waals surface area contributed by atoms with Crippen molar-refractivity contribution in [3.05, 3.63) is 12.2 Å². The zero-order chi connectivity index (χ0) is 5.98. The summed E-state index contributed by atoms with van der Waals surface area (Å²) in [7, 11) is 0. The van der Waals surface area contributed by atoms with Crippen LogP contribution in [-0.4, -0.2) is 19.4 Å². The van der Waals surface area contributed by atoms with Gasteiger partial charge in [-0.05, 0) is 5.57 Å². The third kappa shape index (κ3) is 1.30. The Bertz CT molecular complexity index is 89.8. The molecule has 0 spiro atoms. The molecule has 3 heteroatoms. The number of rotatable bonds is 0. The fourth-order valence-electron chi connectivity index (χ4n) is 0.643. The lowest BCUT2D eigenvalue weighted by Gasteiger charge is -2.22. The molecule has 0 bridgehead atoms. The highest BCUT2D eigenvalue weighted by molar-refractivity contribution is 5.02. The second kappa shape index (κ2) is 2.26. The summed E-state index contributed by atoms with van der Waals surface area (Å²) < 4.78 is 0. The van der Waals surface area contributed by atoms with Gasteiger partial charge in [0, 0.05) is 13.1 Å². The molecule has 0 aromatic carbocycles. The fourth-order valence-corrected chi connectivity index (χ4v) is 0.643. The van der Waals surface area contributed by atoms with Crippen LogP contribution in [0.4, 0.5) is 0 Å². The van der Waals surface area contributed by atoms with Gasteiger partial charge in [-0.2, -0.15) is 0 Å². The molecule has 0 aromatic rings. The Hall–Kier alpha value is -0.380. The molecule has 1 saturated heterocycles. The van der Waals surface area contributed by atoms with Crippen LogP contribution in [0.25, 0.3) is 0 Å². The molecule has 1 rings (SSSR count). The van der Waals surface area contributed by atoms with E-state index in [0.29, 0.717) is 0 Å². The number of nitrogens with one attached hydrogen (secondary N) is 2. The molecule has 1 heterocycles. The summed E-state index contributed by atoms with van der Waals surface area (Å²) in [5, 5.41) is 6.00. The average molecular weight is 113 g/mol. The maximum atomic E-state index is 5.43. The van der Waals surface area contributed by atoms with Gasteiger partial charge < -0.3 is 5.73 Å². The van der Waals surface area contributed by atoms with Gasteiger partial charge in [-0.3, -0.25) is 10.6 Å². The van der Waals surface area contributed by atoms with Gasteiger partial charge in [0.25, 0.3) is 0 Å². The van der Waals surface area contributed by atoms with E-state index < -0.39 is 0 Å². The van der Waals surface area contributed by atoms with Crippen LogP contribution in [0.15, 0.2) is 12.2 Å². The van der Waals surface area contributed by atoms with Gasteiger partial charge in [-0.25, -0.2) is 0 Å². The highest BCUT2D eigenvalue weighted by Crippen LogP contribution is 1.89. The zero-order valence-corrected chi connectivity index (χ0v) is 4.78. The van der Waals surface area contributed by atoms with Crippen molar-refractivity contribution in [2.45, 2.75) is 6.29 Å². The van der Waals surface area contributed by atoms with Gasteiger partial charge in [0.1, 0.15) is 6.29 Å². The molecule has 0 radical (unpaired) electrons. The van der Waals surface area contributed by atoms with Crippen LogP contribution < -0.4 is 16.4 Å². The minimum Gasteiger partial charge on any atom is -0.304 e. The van der Waals surface area contributed by atoms with Crippen LogP contribution in [0.5, 0.6) is 0 Å². The van der Waals surface area contributed by atoms with Crippen LogP contribution in [-0.2, 0) is 0 Å². The number of hydrogen-bond acceptors (Lipinski definition) is 3. The lowest BCUT2D eigenvalue weighted by molar-refractivity contribution is 0.428. The summed E-state index contributed by atoms with van der Waals surface area (Å²) in [6, 6.07) is 0. The van der Waals surface area contributed by atoms with E-state index in [1.807, 2.05) is 0 Å². The van der Waals surface area contributed by atoms with E-state index in [1.54, 1.807) is 0 Å². The topological polar surface area (TPSA) is 50.1 Å². The van der Waals surface area contributed by atoms with E-state index in [9.17, 15) is 0 Å². The van der Waals surface area contributed by atoms with Crippen LogP contribution in [0.1, 0.15) is 0 Å². The van der Waals surface area contributed by atoms with Crippen molar-refractivity contribution in [1.29, 1.82) is 0 Å². The fraction of sp³-hybridized carbons (Fsp3) is 0.600. The smallest absolute Gasteiger partial charge is 0.109 e. The zero-order valence-electron chi connectivity index (χ0n) is 4.78. The van der Waals surface area contributed by atoms with Crippen molar-refractivity contribution >= 4 is 0 Å². The molecule has 46 valence electrons. The summed E-state index contributed by atoms with van der Waals surface area (Å²) in [5.74, 6) is 0. The minimum absolute atomic E-state index is 0.0412. The van der Waals surface area contributed by atoms with E-state index in [1.165, 1.54) is 0 Å². The maximum absolute atomic E-state index is 5.43. The third-order valence-electron chi connectivity index (χ3n) is 1.14.